The van der Waals surface area contributed by atoms with Gasteiger partial charge >= 0.3 is 0 Å². The van der Waals surface area contributed by atoms with E-state index in [4.69, 9.17) is 10.5 Å². The van der Waals surface area contributed by atoms with Gasteiger partial charge in [0.2, 0.25) is 0 Å². The molecule has 0 radical (unpaired) electrons. The predicted molar refractivity (Wildman–Crippen MR) is 74.1 cm³/mol. The fourth-order valence-corrected chi connectivity index (χ4v) is 2.96. The Kier molecular flexibility index (Phi) is 4.46. The van der Waals surface area contributed by atoms with Crippen molar-refractivity contribution < 1.29 is 4.74 Å². The highest BCUT2D eigenvalue weighted by Crippen LogP contribution is 2.29. The van der Waals surface area contributed by atoms with E-state index in [9.17, 15) is 0 Å². The molecular formula is C14H20BrNO. The molecule has 2 atom stereocenters. The predicted octanol–water partition coefficient (Wildman–Crippen LogP) is 3.87. The summed E-state index contributed by atoms with van der Waals surface area (Å²) in [7, 11) is 0. The van der Waals surface area contributed by atoms with Crippen LogP contribution in [-0.2, 0) is 6.54 Å². The van der Waals surface area contributed by atoms with Crippen molar-refractivity contribution in [1.29, 1.82) is 0 Å². The molecule has 94 valence electrons. The summed E-state index contributed by atoms with van der Waals surface area (Å²) in [5, 5.41) is 0. The third kappa shape index (κ3) is 3.46. The van der Waals surface area contributed by atoms with Crippen molar-refractivity contribution in [3.63, 3.8) is 0 Å². The van der Waals surface area contributed by atoms with Crippen molar-refractivity contribution >= 4 is 15.9 Å². The van der Waals surface area contributed by atoms with Gasteiger partial charge in [0.05, 0.1) is 6.10 Å². The molecular weight excluding hydrogens is 278 g/mol. The third-order valence-corrected chi connectivity index (χ3v) is 4.17. The Balaban J connectivity index is 2.00. The minimum Gasteiger partial charge on any atom is -0.490 e. The normalized spacial score (nSPS) is 24.6. The second kappa shape index (κ2) is 5.87. The molecule has 1 aromatic carbocycles. The van der Waals surface area contributed by atoms with Crippen LogP contribution < -0.4 is 10.5 Å². The molecule has 2 nitrogen and oxygen atoms in total. The van der Waals surface area contributed by atoms with Gasteiger partial charge in [0.25, 0.3) is 0 Å². The maximum atomic E-state index is 6.04. The minimum atomic E-state index is 0.384. The van der Waals surface area contributed by atoms with Crippen molar-refractivity contribution in [3.05, 3.63) is 28.2 Å². The van der Waals surface area contributed by atoms with Crippen LogP contribution in [0.4, 0.5) is 0 Å². The molecule has 0 heterocycles. The summed E-state index contributed by atoms with van der Waals surface area (Å²) >= 11 is 3.52. The van der Waals surface area contributed by atoms with Crippen molar-refractivity contribution in [2.75, 3.05) is 0 Å². The van der Waals surface area contributed by atoms with E-state index in [2.05, 4.69) is 22.9 Å². The first-order chi connectivity index (χ1) is 8.19. The lowest BCUT2D eigenvalue weighted by atomic mass is 9.89. The summed E-state index contributed by atoms with van der Waals surface area (Å²) in [5.74, 6) is 1.74. The van der Waals surface area contributed by atoms with Crippen LogP contribution in [-0.4, -0.2) is 6.10 Å². The highest BCUT2D eigenvalue weighted by atomic mass is 79.9. The van der Waals surface area contributed by atoms with Gasteiger partial charge in [-0.2, -0.15) is 0 Å². The van der Waals surface area contributed by atoms with Gasteiger partial charge in [-0.15, -0.1) is 0 Å². The van der Waals surface area contributed by atoms with Crippen molar-refractivity contribution in [1.82, 2.24) is 0 Å². The number of ether oxygens (including phenoxy) is 1. The smallest absolute Gasteiger partial charge is 0.120 e. The molecule has 17 heavy (non-hydrogen) atoms. The molecule has 1 saturated carbocycles. The topological polar surface area (TPSA) is 35.2 Å². The lowest BCUT2D eigenvalue weighted by Gasteiger charge is -2.27. The van der Waals surface area contributed by atoms with Gasteiger partial charge in [0.1, 0.15) is 5.75 Å². The Morgan fingerprint density at radius 2 is 2.24 bits per heavy atom. The highest BCUT2D eigenvalue weighted by Gasteiger charge is 2.20. The average Bonchev–Trinajstić information content (AvgIpc) is 2.29. The standard InChI is InChI=1S/C14H20BrNO/c1-10-3-2-4-12(7-10)17-13-6-5-11(9-16)14(15)8-13/h5-6,8,10,12H,2-4,7,9,16H2,1H3. The van der Waals surface area contributed by atoms with Crippen LogP contribution >= 0.6 is 15.9 Å². The molecule has 1 fully saturated rings. The lowest BCUT2D eigenvalue weighted by molar-refractivity contribution is 0.129. The number of hydrogen-bond donors (Lipinski definition) is 1. The Bertz CT molecular complexity index is 380. The van der Waals surface area contributed by atoms with Gasteiger partial charge in [-0.05, 0) is 42.9 Å². The van der Waals surface area contributed by atoms with Crippen molar-refractivity contribution in [3.8, 4) is 5.75 Å². The van der Waals surface area contributed by atoms with Crippen LogP contribution in [0.3, 0.4) is 0 Å². The summed E-state index contributed by atoms with van der Waals surface area (Å²) < 4.78 is 7.08. The van der Waals surface area contributed by atoms with E-state index in [-0.39, 0.29) is 0 Å². The quantitative estimate of drug-likeness (QED) is 0.919. The van der Waals surface area contributed by atoms with E-state index in [1.165, 1.54) is 25.7 Å². The maximum Gasteiger partial charge on any atom is 0.120 e. The van der Waals surface area contributed by atoms with Crippen LogP contribution in [0.1, 0.15) is 38.2 Å². The van der Waals surface area contributed by atoms with Gasteiger partial charge in [0, 0.05) is 11.0 Å². The molecule has 1 aromatic rings. The molecule has 0 spiro atoms. The van der Waals surface area contributed by atoms with Crippen LogP contribution in [0.5, 0.6) is 5.75 Å². The molecule has 2 unspecified atom stereocenters. The minimum absolute atomic E-state index is 0.384. The van der Waals surface area contributed by atoms with Crippen molar-refractivity contribution in [2.45, 2.75) is 45.3 Å². The Labute approximate surface area is 112 Å². The zero-order chi connectivity index (χ0) is 12.3. The summed E-state index contributed by atoms with van der Waals surface area (Å²) in [4.78, 5) is 0. The Hall–Kier alpha value is -0.540. The summed E-state index contributed by atoms with van der Waals surface area (Å²) in [6.45, 7) is 2.87. The second-order valence-electron chi connectivity index (χ2n) is 4.97. The summed E-state index contributed by atoms with van der Waals surface area (Å²) in [6, 6.07) is 6.08. The van der Waals surface area contributed by atoms with Gasteiger partial charge in [-0.3, -0.25) is 0 Å². The molecule has 0 bridgehead atoms. The largest absolute Gasteiger partial charge is 0.490 e. The Morgan fingerprint density at radius 3 is 2.88 bits per heavy atom. The summed E-state index contributed by atoms with van der Waals surface area (Å²) in [6.07, 6.45) is 5.37. The zero-order valence-electron chi connectivity index (χ0n) is 10.3. The molecule has 1 aliphatic rings. The number of hydrogen-bond acceptors (Lipinski definition) is 2. The average molecular weight is 298 g/mol. The molecule has 3 heteroatoms. The monoisotopic (exact) mass is 297 g/mol. The number of rotatable bonds is 3. The second-order valence-corrected chi connectivity index (χ2v) is 5.82. The van der Waals surface area contributed by atoms with E-state index < -0.39 is 0 Å². The van der Waals surface area contributed by atoms with Crippen molar-refractivity contribution in [2.24, 2.45) is 11.7 Å². The van der Waals surface area contributed by atoms with E-state index in [0.717, 1.165) is 21.7 Å². The first-order valence-electron chi connectivity index (χ1n) is 6.34. The summed E-state index contributed by atoms with van der Waals surface area (Å²) in [5.41, 5.74) is 6.75. The molecule has 0 aromatic heterocycles. The molecule has 0 saturated heterocycles. The van der Waals surface area contributed by atoms with Gasteiger partial charge < -0.3 is 10.5 Å². The molecule has 0 amide bonds. The number of halogens is 1. The van der Waals surface area contributed by atoms with E-state index >= 15 is 0 Å². The lowest BCUT2D eigenvalue weighted by Crippen LogP contribution is -2.24. The van der Waals surface area contributed by atoms with Crippen LogP contribution in [0.25, 0.3) is 0 Å². The van der Waals surface area contributed by atoms with Crippen LogP contribution in [0, 0.1) is 5.92 Å². The first-order valence-corrected chi connectivity index (χ1v) is 7.13. The van der Waals surface area contributed by atoms with Gasteiger partial charge in [-0.1, -0.05) is 35.3 Å². The van der Waals surface area contributed by atoms with E-state index in [1.54, 1.807) is 0 Å². The van der Waals surface area contributed by atoms with Gasteiger partial charge in [-0.25, -0.2) is 0 Å². The number of nitrogens with two attached hydrogens (primary N) is 1. The van der Waals surface area contributed by atoms with Gasteiger partial charge in [0.15, 0.2) is 0 Å². The molecule has 0 aliphatic heterocycles. The third-order valence-electron chi connectivity index (χ3n) is 3.44. The van der Waals surface area contributed by atoms with E-state index in [1.807, 2.05) is 18.2 Å². The SMILES string of the molecule is CC1CCCC(Oc2ccc(CN)c(Br)c2)C1. The molecule has 2 rings (SSSR count). The molecule has 2 N–H and O–H groups in total. The fourth-order valence-electron chi connectivity index (χ4n) is 2.44. The van der Waals surface area contributed by atoms with Crippen LogP contribution in [0.2, 0.25) is 0 Å². The van der Waals surface area contributed by atoms with Crippen LogP contribution in [0.15, 0.2) is 22.7 Å². The zero-order valence-corrected chi connectivity index (χ0v) is 11.9. The first kappa shape index (κ1) is 12.9. The number of benzene rings is 1. The van der Waals surface area contributed by atoms with E-state index in [0.29, 0.717) is 12.6 Å². The molecule has 1 aliphatic carbocycles. The Morgan fingerprint density at radius 1 is 1.41 bits per heavy atom. The fraction of sp³-hybridized carbons (Fsp3) is 0.571. The highest BCUT2D eigenvalue weighted by molar-refractivity contribution is 9.10. The maximum absolute atomic E-state index is 6.04.